The summed E-state index contributed by atoms with van der Waals surface area (Å²) in [5, 5.41) is 11.5. The van der Waals surface area contributed by atoms with Crippen LogP contribution in [0.15, 0.2) is 0 Å². The molecule has 0 spiro atoms. The summed E-state index contributed by atoms with van der Waals surface area (Å²) >= 11 is 0.885. The lowest BCUT2D eigenvalue weighted by Gasteiger charge is -2.04. The predicted octanol–water partition coefficient (Wildman–Crippen LogP) is -0.399. The van der Waals surface area contributed by atoms with E-state index in [1.807, 2.05) is 0 Å². The molecule has 14 heavy (non-hydrogen) atoms. The summed E-state index contributed by atoms with van der Waals surface area (Å²) in [7, 11) is 0. The molecular formula is C7H12N4O2S. The maximum absolute atomic E-state index is 11.0. The molecule has 0 unspecified atom stereocenters. The Kier molecular flexibility index (Phi) is 3.75. The van der Waals surface area contributed by atoms with Crippen LogP contribution < -0.4 is 16.4 Å². The van der Waals surface area contributed by atoms with Gasteiger partial charge < -0.3 is 11.1 Å². The minimum atomic E-state index is -0.471. The lowest BCUT2D eigenvalue weighted by molar-refractivity contribution is -0.117. The number of imide groups is 1. The summed E-state index contributed by atoms with van der Waals surface area (Å²) in [5.41, 5.74) is 5.03. The highest BCUT2D eigenvalue weighted by atomic mass is 32.2. The molecule has 1 rings (SSSR count). The maximum atomic E-state index is 11.0. The summed E-state index contributed by atoms with van der Waals surface area (Å²) in [6.45, 7) is 0. The maximum Gasteiger partial charge on any atom is 0.321 e. The zero-order valence-corrected chi connectivity index (χ0v) is 8.32. The molecule has 0 aromatic heterocycles. The molecule has 1 aliphatic carbocycles. The zero-order valence-electron chi connectivity index (χ0n) is 7.50. The number of nitrogens with two attached hydrogens (primary N) is 1. The Hall–Kier alpha value is -1.24. The average Bonchev–Trinajstić information content (AvgIpc) is 2.84. The first-order chi connectivity index (χ1) is 6.58. The molecule has 6 nitrogen and oxygen atoms in total. The van der Waals surface area contributed by atoms with E-state index in [0.717, 1.165) is 24.6 Å². The molecule has 1 saturated carbocycles. The second-order valence-corrected chi connectivity index (χ2v) is 3.97. The van der Waals surface area contributed by atoms with E-state index >= 15 is 0 Å². The highest BCUT2D eigenvalue weighted by Gasteiger charge is 2.23. The van der Waals surface area contributed by atoms with Gasteiger partial charge in [0.2, 0.25) is 5.91 Å². The molecule has 0 bridgehead atoms. The molecule has 1 fully saturated rings. The third-order valence-corrected chi connectivity index (χ3v) is 2.24. The first kappa shape index (κ1) is 10.8. The SMILES string of the molecule is N=C(N)SCC(=O)NC(=O)NC1CC1. The van der Waals surface area contributed by atoms with Gasteiger partial charge in [-0.2, -0.15) is 0 Å². The molecule has 0 aliphatic heterocycles. The van der Waals surface area contributed by atoms with E-state index in [1.165, 1.54) is 0 Å². The van der Waals surface area contributed by atoms with Crippen molar-refractivity contribution < 1.29 is 9.59 Å². The normalized spacial score (nSPS) is 14.6. The Morgan fingerprint density at radius 2 is 2.14 bits per heavy atom. The highest BCUT2D eigenvalue weighted by molar-refractivity contribution is 8.14. The first-order valence-electron chi connectivity index (χ1n) is 4.15. The Morgan fingerprint density at radius 1 is 1.50 bits per heavy atom. The summed E-state index contributed by atoms with van der Waals surface area (Å²) in [6.07, 6.45) is 1.95. The van der Waals surface area contributed by atoms with E-state index in [4.69, 9.17) is 11.1 Å². The number of nitrogens with one attached hydrogen (secondary N) is 3. The monoisotopic (exact) mass is 216 g/mol. The van der Waals surface area contributed by atoms with Gasteiger partial charge in [-0.15, -0.1) is 0 Å². The standard InChI is InChI=1S/C7H12N4O2S/c8-6(9)14-3-5(12)11-7(13)10-4-1-2-4/h4H,1-3H2,(H3,8,9)(H2,10,11,12,13). The van der Waals surface area contributed by atoms with Gasteiger partial charge in [0, 0.05) is 6.04 Å². The number of amidine groups is 1. The molecule has 3 amide bonds. The van der Waals surface area contributed by atoms with Gasteiger partial charge in [0.15, 0.2) is 5.17 Å². The van der Waals surface area contributed by atoms with Crippen molar-refractivity contribution in [3.63, 3.8) is 0 Å². The Morgan fingerprint density at radius 3 is 2.64 bits per heavy atom. The van der Waals surface area contributed by atoms with Crippen LogP contribution in [0.4, 0.5) is 4.79 Å². The van der Waals surface area contributed by atoms with Gasteiger partial charge in [-0.05, 0) is 12.8 Å². The fourth-order valence-electron chi connectivity index (χ4n) is 0.755. The molecule has 78 valence electrons. The molecule has 0 heterocycles. The number of carbonyl (C=O) groups excluding carboxylic acids is 2. The fourth-order valence-corrected chi connectivity index (χ4v) is 1.11. The molecule has 0 radical (unpaired) electrons. The average molecular weight is 216 g/mol. The molecule has 0 saturated heterocycles. The van der Waals surface area contributed by atoms with Crippen LogP contribution in [0.5, 0.6) is 0 Å². The third kappa shape index (κ3) is 4.70. The second kappa shape index (κ2) is 4.85. The minimum absolute atomic E-state index is 0.00653. The van der Waals surface area contributed by atoms with Crippen LogP contribution in [0.25, 0.3) is 0 Å². The van der Waals surface area contributed by atoms with Crippen molar-refractivity contribution in [3.8, 4) is 0 Å². The van der Waals surface area contributed by atoms with Crippen molar-refractivity contribution >= 4 is 28.9 Å². The van der Waals surface area contributed by atoms with Crippen LogP contribution in [0.3, 0.4) is 0 Å². The smallest absolute Gasteiger partial charge is 0.321 e. The topological polar surface area (TPSA) is 108 Å². The predicted molar refractivity (Wildman–Crippen MR) is 54.1 cm³/mol. The molecule has 0 aromatic carbocycles. The second-order valence-electron chi connectivity index (χ2n) is 2.95. The van der Waals surface area contributed by atoms with E-state index < -0.39 is 11.9 Å². The van der Waals surface area contributed by atoms with Crippen molar-refractivity contribution in [2.24, 2.45) is 5.73 Å². The van der Waals surface area contributed by atoms with Crippen LogP contribution in [0.2, 0.25) is 0 Å². The Balaban J connectivity index is 2.11. The lowest BCUT2D eigenvalue weighted by atomic mass is 10.6. The number of rotatable bonds is 3. The van der Waals surface area contributed by atoms with Crippen LogP contribution >= 0.6 is 11.8 Å². The van der Waals surface area contributed by atoms with Gasteiger partial charge in [0.1, 0.15) is 0 Å². The number of hydrogen-bond donors (Lipinski definition) is 4. The summed E-state index contributed by atoms with van der Waals surface area (Å²) in [4.78, 5) is 22.0. The third-order valence-electron chi connectivity index (χ3n) is 1.52. The molecule has 7 heteroatoms. The van der Waals surface area contributed by atoms with Crippen molar-refractivity contribution in [2.45, 2.75) is 18.9 Å². The highest BCUT2D eigenvalue weighted by Crippen LogP contribution is 2.18. The van der Waals surface area contributed by atoms with E-state index in [9.17, 15) is 9.59 Å². The van der Waals surface area contributed by atoms with Gasteiger partial charge in [-0.25, -0.2) is 4.79 Å². The zero-order chi connectivity index (χ0) is 10.6. The fraction of sp³-hybridized carbons (Fsp3) is 0.571. The number of hydrogen-bond acceptors (Lipinski definition) is 4. The van der Waals surface area contributed by atoms with Crippen LogP contribution in [-0.4, -0.2) is 28.9 Å². The number of amides is 3. The van der Waals surface area contributed by atoms with Gasteiger partial charge in [-0.3, -0.25) is 15.5 Å². The Labute approximate surface area is 85.5 Å². The number of urea groups is 1. The van der Waals surface area contributed by atoms with Gasteiger partial charge in [0.25, 0.3) is 0 Å². The van der Waals surface area contributed by atoms with Crippen molar-refractivity contribution in [1.29, 1.82) is 5.41 Å². The van der Waals surface area contributed by atoms with Gasteiger partial charge in [0.05, 0.1) is 5.75 Å². The molecule has 0 aromatic rings. The molecule has 5 N–H and O–H groups in total. The van der Waals surface area contributed by atoms with Gasteiger partial charge in [-0.1, -0.05) is 11.8 Å². The lowest BCUT2D eigenvalue weighted by Crippen LogP contribution is -2.41. The molecule has 1 aliphatic rings. The van der Waals surface area contributed by atoms with E-state index in [2.05, 4.69) is 10.6 Å². The van der Waals surface area contributed by atoms with E-state index in [1.54, 1.807) is 0 Å². The number of thioether (sulfide) groups is 1. The van der Waals surface area contributed by atoms with Gasteiger partial charge >= 0.3 is 6.03 Å². The summed E-state index contributed by atoms with van der Waals surface area (Å²) in [5.74, 6) is -0.448. The van der Waals surface area contributed by atoms with Crippen molar-refractivity contribution in [3.05, 3.63) is 0 Å². The summed E-state index contributed by atoms with van der Waals surface area (Å²) < 4.78 is 0. The molecule has 0 atom stereocenters. The van der Waals surface area contributed by atoms with Crippen LogP contribution in [0, 0.1) is 5.41 Å². The van der Waals surface area contributed by atoms with Crippen molar-refractivity contribution in [2.75, 3.05) is 5.75 Å². The Bertz CT molecular complexity index is 264. The summed E-state index contributed by atoms with van der Waals surface area (Å²) in [6, 6.07) is -0.245. The quantitative estimate of drug-likeness (QED) is 0.380. The first-order valence-corrected chi connectivity index (χ1v) is 5.13. The molecular weight excluding hydrogens is 204 g/mol. The largest absolute Gasteiger partial charge is 0.379 e. The van der Waals surface area contributed by atoms with Crippen LogP contribution in [0.1, 0.15) is 12.8 Å². The van der Waals surface area contributed by atoms with Crippen LogP contribution in [-0.2, 0) is 4.79 Å². The van der Waals surface area contributed by atoms with E-state index in [0.29, 0.717) is 0 Å². The van der Waals surface area contributed by atoms with E-state index in [-0.39, 0.29) is 17.0 Å². The number of carbonyl (C=O) groups is 2. The van der Waals surface area contributed by atoms with Crippen molar-refractivity contribution in [1.82, 2.24) is 10.6 Å². The minimum Gasteiger partial charge on any atom is -0.379 e.